The van der Waals surface area contributed by atoms with Crippen molar-refractivity contribution in [2.45, 2.75) is 7.43 Å². The molecule has 2 aromatic rings. The van der Waals surface area contributed by atoms with Gasteiger partial charge in [0.05, 0.1) is 0 Å². The first-order valence-corrected chi connectivity index (χ1v) is 6.25. The molecule has 2 aromatic carbocycles. The zero-order valence-electron chi connectivity index (χ0n) is 10.8. The molecule has 0 atom stereocenters. The van der Waals surface area contributed by atoms with Crippen LogP contribution in [0, 0.1) is 0 Å². The summed E-state index contributed by atoms with van der Waals surface area (Å²) in [6.07, 6.45) is 0. The second kappa shape index (κ2) is 24.8. The molecule has 2 rings (SSSR count). The van der Waals surface area contributed by atoms with Gasteiger partial charge >= 0.3 is 29.6 Å². The molecule has 0 saturated carbocycles. The van der Waals surface area contributed by atoms with Crippen LogP contribution in [0.5, 0.6) is 0 Å². The largest absolute Gasteiger partial charge is 0.0623 e. The Morgan fingerprint density at radius 2 is 0.591 bits per heavy atom. The molecule has 0 spiro atoms. The van der Waals surface area contributed by atoms with Gasteiger partial charge in [-0.15, -0.1) is 0 Å². The molecule has 6 N–H and O–H groups in total. The maximum atomic E-state index is 7.56. The topological polar surface area (TPSA) is 92.5 Å². The predicted molar refractivity (Wildman–Crippen MR) is 106 cm³/mol. The summed E-state index contributed by atoms with van der Waals surface area (Å²) < 4.78 is 0. The Morgan fingerprint density at radius 1 is 0.545 bits per heavy atom. The summed E-state index contributed by atoms with van der Waals surface area (Å²) in [5, 5.41) is 14.1. The van der Waals surface area contributed by atoms with Crippen LogP contribution in [0.25, 0.3) is 0 Å². The molecule has 0 aliphatic carbocycles. The van der Waals surface area contributed by atoms with Gasteiger partial charge in [0, 0.05) is 0 Å². The molecule has 0 saturated heterocycles. The number of rotatable bonds is 0. The van der Waals surface area contributed by atoms with Crippen molar-refractivity contribution in [3.05, 3.63) is 72.8 Å². The maximum Gasteiger partial charge on any atom is -0.0623 e. The normalized spacial score (nSPS) is 6.55. The molecule has 22 heavy (non-hydrogen) atoms. The van der Waals surface area contributed by atoms with E-state index in [9.17, 15) is 0 Å². The van der Waals surface area contributed by atoms with Gasteiger partial charge in [0.2, 0.25) is 0 Å². The van der Waals surface area contributed by atoms with Crippen molar-refractivity contribution in [1.82, 2.24) is 0 Å². The molecule has 7 heteroatoms. The van der Waals surface area contributed by atoms with Crippen LogP contribution < -0.4 is 11.5 Å². The van der Waals surface area contributed by atoms with Gasteiger partial charge in [-0.1, -0.05) is 80.2 Å². The molecule has 0 unspecified atom stereocenters. The summed E-state index contributed by atoms with van der Waals surface area (Å²) in [5.74, 6) is 0. The molecule has 118 valence electrons. The standard InChI is InChI=1S/2C6H6.2CH3NOS.CH4.Na.H/c2*1-2-4-6-5-3-1;2*2-1(3)4;;;/h2*1-6H;2*(H3,2,3,4);1H4;;. The number of aliphatic hydroxyl groups excluding tert-OH is 2. The van der Waals surface area contributed by atoms with Crippen LogP contribution in [0.3, 0.4) is 0 Å². The number of nitrogens with two attached hydrogens (primary N) is 2. The van der Waals surface area contributed by atoms with Gasteiger partial charge in [0.1, 0.15) is 0 Å². The van der Waals surface area contributed by atoms with E-state index >= 15 is 0 Å². The minimum absolute atomic E-state index is 0. The van der Waals surface area contributed by atoms with Gasteiger partial charge in [-0.05, 0) is 24.4 Å². The summed E-state index contributed by atoms with van der Waals surface area (Å²) in [4.78, 5) is 0. The Bertz CT molecular complexity index is 341. The fraction of sp³-hybridized carbons (Fsp3) is 0.0667. The van der Waals surface area contributed by atoms with Gasteiger partial charge in [-0.2, -0.15) is 0 Å². The van der Waals surface area contributed by atoms with Gasteiger partial charge in [-0.25, -0.2) is 0 Å². The second-order valence-electron chi connectivity index (χ2n) is 2.99. The van der Waals surface area contributed by atoms with Crippen LogP contribution in [0.1, 0.15) is 7.43 Å². The average Bonchev–Trinajstić information content (AvgIpc) is 2.42. The van der Waals surface area contributed by atoms with Gasteiger partial charge in [-0.3, -0.25) is 0 Å². The van der Waals surface area contributed by atoms with Crippen LogP contribution in [-0.4, -0.2) is 50.1 Å². The Hall–Kier alpha value is -1.18. The van der Waals surface area contributed by atoms with Crippen molar-refractivity contribution in [1.29, 1.82) is 0 Å². The molecule has 0 bridgehead atoms. The van der Waals surface area contributed by atoms with Crippen LogP contribution in [0.2, 0.25) is 0 Å². The van der Waals surface area contributed by atoms with E-state index in [4.69, 9.17) is 10.2 Å². The van der Waals surface area contributed by atoms with E-state index in [0.29, 0.717) is 0 Å². The van der Waals surface area contributed by atoms with E-state index in [1.165, 1.54) is 0 Å². The zero-order valence-corrected chi connectivity index (χ0v) is 12.4. The Balaban J connectivity index is -0.0000000975. The summed E-state index contributed by atoms with van der Waals surface area (Å²) in [6, 6.07) is 24.0. The number of thiocarbonyl (C=S) groups is 2. The summed E-state index contributed by atoms with van der Waals surface area (Å²) in [5.41, 5.74) is 8.80. The van der Waals surface area contributed by atoms with Crippen molar-refractivity contribution in [3.63, 3.8) is 0 Å². The van der Waals surface area contributed by atoms with Gasteiger partial charge in [0.25, 0.3) is 10.3 Å². The monoisotopic (exact) mass is 350 g/mol. The van der Waals surface area contributed by atoms with Crippen LogP contribution in [0.15, 0.2) is 72.8 Å². The molecule has 0 radical (unpaired) electrons. The summed E-state index contributed by atoms with van der Waals surface area (Å²) in [6.45, 7) is 0. The van der Waals surface area contributed by atoms with Crippen molar-refractivity contribution in [3.8, 4) is 0 Å². The molecule has 0 aliphatic rings. The Kier molecular flexibility index (Phi) is 32.6. The third-order valence-electron chi connectivity index (χ3n) is 1.33. The molecular weight excluding hydrogens is 327 g/mol. The predicted octanol–water partition coefficient (Wildman–Crippen LogP) is 2.94. The number of benzene rings is 2. The fourth-order valence-corrected chi connectivity index (χ4v) is 0.770. The van der Waals surface area contributed by atoms with Crippen LogP contribution >= 0.6 is 24.4 Å². The van der Waals surface area contributed by atoms with Gasteiger partial charge in [0.15, 0.2) is 0 Å². The second-order valence-corrected chi connectivity index (χ2v) is 3.82. The first-order valence-electron chi connectivity index (χ1n) is 5.43. The van der Waals surface area contributed by atoms with Crippen molar-refractivity contribution < 1.29 is 10.2 Å². The number of hydrogen-bond donors (Lipinski definition) is 4. The third kappa shape index (κ3) is 51.0. The summed E-state index contributed by atoms with van der Waals surface area (Å²) >= 11 is 7.74. The molecular formula is C15H23N2NaO2S2. The van der Waals surface area contributed by atoms with E-state index in [2.05, 4.69) is 35.9 Å². The van der Waals surface area contributed by atoms with E-state index < -0.39 is 10.3 Å². The summed E-state index contributed by atoms with van der Waals surface area (Å²) in [7, 11) is 0. The third-order valence-corrected chi connectivity index (χ3v) is 1.33. The van der Waals surface area contributed by atoms with E-state index in [0.717, 1.165) is 0 Å². The zero-order chi connectivity index (χ0) is 15.6. The Morgan fingerprint density at radius 3 is 0.636 bits per heavy atom. The fourth-order valence-electron chi connectivity index (χ4n) is 0.770. The van der Waals surface area contributed by atoms with Crippen molar-refractivity contribution in [2.75, 3.05) is 0 Å². The quantitative estimate of drug-likeness (QED) is 0.431. The van der Waals surface area contributed by atoms with E-state index in [-0.39, 0.29) is 37.0 Å². The minimum atomic E-state index is -0.500. The molecule has 0 aromatic heterocycles. The minimum Gasteiger partial charge on any atom is -0.0623 e. The molecule has 4 nitrogen and oxygen atoms in total. The smallest absolute Gasteiger partial charge is 0.0623 e. The molecule has 0 aliphatic heterocycles. The van der Waals surface area contributed by atoms with E-state index in [1.807, 2.05) is 72.8 Å². The molecule has 0 fully saturated rings. The van der Waals surface area contributed by atoms with Crippen LogP contribution in [0.4, 0.5) is 0 Å². The molecule has 0 heterocycles. The number of aliphatic hydroxyl groups is 2. The Labute approximate surface area is 165 Å². The van der Waals surface area contributed by atoms with E-state index in [1.54, 1.807) is 0 Å². The van der Waals surface area contributed by atoms with Crippen LogP contribution in [-0.2, 0) is 0 Å². The maximum absolute atomic E-state index is 7.56. The molecule has 0 amide bonds. The van der Waals surface area contributed by atoms with Crippen molar-refractivity contribution >= 4 is 64.3 Å². The van der Waals surface area contributed by atoms with Crippen molar-refractivity contribution in [2.24, 2.45) is 11.5 Å². The number of hydrogen-bond acceptors (Lipinski definition) is 2. The first-order chi connectivity index (χ1) is 9.46. The van der Waals surface area contributed by atoms with Gasteiger partial charge < -0.3 is 21.7 Å². The first kappa shape index (κ1) is 28.9. The average molecular weight is 350 g/mol. The SMILES string of the molecule is C.NC(O)=S.NC(O)=S.[NaH].c1ccccc1.c1ccccc1.